The number of dihydropyridines is 1. The number of hydrogen-bond acceptors (Lipinski definition) is 14. The average molecular weight is 764 g/mol. The minimum atomic E-state index is -0.963. The molecule has 3 aromatic carbocycles. The SMILES string of the molecule is COCCOc1ccc(OCC(O)CNC(C)(C)COc2ccc(OCCOC(=O)C3=C(C)NC(C)=C(C(=O)OC)C3c3cccc([N+](=O)[O-])c3)cc2)cc1. The van der Waals surface area contributed by atoms with E-state index in [1.54, 1.807) is 75.6 Å². The number of nitrogens with zero attached hydrogens (tertiary/aromatic N) is 1. The van der Waals surface area contributed by atoms with Gasteiger partial charge in [0, 0.05) is 42.7 Å². The zero-order chi connectivity index (χ0) is 40.0. The fourth-order valence-corrected chi connectivity index (χ4v) is 5.64. The van der Waals surface area contributed by atoms with Crippen molar-refractivity contribution >= 4 is 17.6 Å². The molecule has 3 N–H and O–H groups in total. The van der Waals surface area contributed by atoms with Crippen molar-refractivity contribution in [2.45, 2.75) is 45.3 Å². The number of non-ortho nitro benzene ring substituents is 1. The summed E-state index contributed by atoms with van der Waals surface area (Å²) in [5.41, 5.74) is 0.874. The van der Waals surface area contributed by atoms with E-state index in [0.29, 0.717) is 59.8 Å². The van der Waals surface area contributed by atoms with E-state index in [9.17, 15) is 24.8 Å². The highest BCUT2D eigenvalue weighted by Gasteiger charge is 2.38. The third-order valence-electron chi connectivity index (χ3n) is 8.45. The van der Waals surface area contributed by atoms with Gasteiger partial charge < -0.3 is 48.9 Å². The van der Waals surface area contributed by atoms with Crippen molar-refractivity contribution in [1.82, 2.24) is 10.6 Å². The van der Waals surface area contributed by atoms with Crippen LogP contribution in [0.25, 0.3) is 0 Å². The molecule has 0 bridgehead atoms. The molecule has 4 rings (SSSR count). The van der Waals surface area contributed by atoms with Crippen molar-refractivity contribution in [2.75, 3.05) is 60.4 Å². The van der Waals surface area contributed by atoms with Gasteiger partial charge in [-0.1, -0.05) is 12.1 Å². The van der Waals surface area contributed by atoms with Gasteiger partial charge in [-0.25, -0.2) is 9.59 Å². The summed E-state index contributed by atoms with van der Waals surface area (Å²) in [6, 6.07) is 19.9. The maximum Gasteiger partial charge on any atom is 0.336 e. The molecule has 15 nitrogen and oxygen atoms in total. The van der Waals surface area contributed by atoms with E-state index in [0.717, 1.165) is 0 Å². The number of nitrogens with one attached hydrogen (secondary N) is 2. The number of aliphatic hydroxyl groups excluding tert-OH is 1. The first-order valence-electron chi connectivity index (χ1n) is 17.6. The van der Waals surface area contributed by atoms with Gasteiger partial charge in [-0.05, 0) is 81.8 Å². The van der Waals surface area contributed by atoms with Crippen molar-refractivity contribution in [3.05, 3.63) is 111 Å². The summed E-state index contributed by atoms with van der Waals surface area (Å²) < 4.78 is 38.5. The second-order valence-electron chi connectivity index (χ2n) is 13.3. The lowest BCUT2D eigenvalue weighted by Crippen LogP contribution is -2.48. The highest BCUT2D eigenvalue weighted by Crippen LogP contribution is 2.40. The summed E-state index contributed by atoms with van der Waals surface area (Å²) in [4.78, 5) is 37.3. The van der Waals surface area contributed by atoms with Crippen LogP contribution in [-0.4, -0.2) is 94.0 Å². The maximum absolute atomic E-state index is 13.5. The van der Waals surface area contributed by atoms with Gasteiger partial charge in [0.1, 0.15) is 62.1 Å². The molecule has 1 heterocycles. The number of esters is 2. The molecule has 0 spiro atoms. The molecule has 2 unspecified atom stereocenters. The molecular formula is C40H49N3O12. The normalized spacial score (nSPS) is 14.8. The van der Waals surface area contributed by atoms with Crippen LogP contribution in [0.1, 0.15) is 39.2 Å². The van der Waals surface area contributed by atoms with Crippen molar-refractivity contribution in [1.29, 1.82) is 0 Å². The molecular weight excluding hydrogens is 714 g/mol. The minimum absolute atomic E-state index is 0.0313. The fraction of sp³-hybridized carbons (Fsp3) is 0.400. The summed E-state index contributed by atoms with van der Waals surface area (Å²) >= 11 is 0. The van der Waals surface area contributed by atoms with E-state index in [2.05, 4.69) is 10.6 Å². The number of nitro groups is 1. The van der Waals surface area contributed by atoms with E-state index in [1.807, 2.05) is 13.8 Å². The molecule has 55 heavy (non-hydrogen) atoms. The number of allylic oxidation sites excluding steroid dienone is 2. The molecule has 0 aromatic heterocycles. The van der Waals surface area contributed by atoms with E-state index in [1.165, 1.54) is 25.3 Å². The molecule has 1 aliphatic rings. The van der Waals surface area contributed by atoms with Crippen LogP contribution in [0, 0.1) is 10.1 Å². The zero-order valence-corrected chi connectivity index (χ0v) is 31.9. The zero-order valence-electron chi connectivity index (χ0n) is 31.9. The first kappa shape index (κ1) is 42.1. The molecule has 0 amide bonds. The number of β-amino-alcohol motifs (C(OH)–C–C–N with tert-alkyl or cyclic N) is 1. The highest BCUT2D eigenvalue weighted by atomic mass is 16.6. The molecule has 0 fully saturated rings. The van der Waals surface area contributed by atoms with E-state index < -0.39 is 34.4 Å². The maximum atomic E-state index is 13.5. The van der Waals surface area contributed by atoms with Crippen LogP contribution < -0.4 is 29.6 Å². The summed E-state index contributed by atoms with van der Waals surface area (Å²) in [6.45, 7) is 8.84. The number of carbonyl (C=O) groups is 2. The Balaban J connectivity index is 1.22. The largest absolute Gasteiger partial charge is 0.492 e. The van der Waals surface area contributed by atoms with E-state index >= 15 is 0 Å². The Morgan fingerprint density at radius 1 is 0.818 bits per heavy atom. The van der Waals surface area contributed by atoms with Gasteiger partial charge in [0.15, 0.2) is 0 Å². The van der Waals surface area contributed by atoms with Crippen LogP contribution in [0.15, 0.2) is 95.3 Å². The number of nitro benzene ring substituents is 1. The minimum Gasteiger partial charge on any atom is -0.492 e. The molecule has 0 saturated carbocycles. The van der Waals surface area contributed by atoms with Crippen LogP contribution in [0.3, 0.4) is 0 Å². The van der Waals surface area contributed by atoms with E-state index in [4.69, 9.17) is 33.2 Å². The smallest absolute Gasteiger partial charge is 0.336 e. The number of aliphatic hydroxyl groups is 1. The summed E-state index contributed by atoms with van der Waals surface area (Å²) in [5.74, 6) is 0.0993. The standard InChI is InChI=1S/C40H49N3O12/c1-26-35(38(45)50-6)37(28-8-7-9-29(22-28)43(47)48)36(27(2)42-26)39(46)53-21-20-52-32-12-16-34(17-13-32)55-25-40(3,4)41-23-30(44)24-54-33-14-10-31(11-15-33)51-19-18-49-5/h7-17,22,30,37,41-42,44H,18-21,23-25H2,1-6H3. The van der Waals surface area contributed by atoms with Crippen LogP contribution >= 0.6 is 0 Å². The number of benzene rings is 3. The number of methoxy groups -OCH3 is 2. The van der Waals surface area contributed by atoms with Gasteiger partial charge in [-0.3, -0.25) is 10.1 Å². The molecule has 15 heteroatoms. The quantitative estimate of drug-likeness (QED) is 0.0579. The molecule has 0 radical (unpaired) electrons. The summed E-state index contributed by atoms with van der Waals surface area (Å²) in [6.07, 6.45) is -0.750. The first-order chi connectivity index (χ1) is 26.3. The van der Waals surface area contributed by atoms with Crippen molar-refractivity contribution in [3.8, 4) is 23.0 Å². The lowest BCUT2D eigenvalue weighted by Gasteiger charge is -2.30. The van der Waals surface area contributed by atoms with Gasteiger partial charge in [-0.15, -0.1) is 0 Å². The monoisotopic (exact) mass is 763 g/mol. The van der Waals surface area contributed by atoms with Crippen LogP contribution in [0.2, 0.25) is 0 Å². The number of carbonyl (C=O) groups excluding carboxylic acids is 2. The Morgan fingerprint density at radius 2 is 1.36 bits per heavy atom. The number of ether oxygens (including phenoxy) is 7. The van der Waals surface area contributed by atoms with Gasteiger partial charge >= 0.3 is 11.9 Å². The molecule has 296 valence electrons. The van der Waals surface area contributed by atoms with Crippen molar-refractivity contribution < 1.29 is 52.8 Å². The molecule has 1 aliphatic heterocycles. The third-order valence-corrected chi connectivity index (χ3v) is 8.45. The van der Waals surface area contributed by atoms with Gasteiger partial charge in [-0.2, -0.15) is 0 Å². The van der Waals surface area contributed by atoms with E-state index in [-0.39, 0.29) is 43.2 Å². The average Bonchev–Trinajstić information content (AvgIpc) is 3.17. The fourth-order valence-electron chi connectivity index (χ4n) is 5.64. The lowest BCUT2D eigenvalue weighted by molar-refractivity contribution is -0.384. The van der Waals surface area contributed by atoms with Crippen molar-refractivity contribution in [3.63, 3.8) is 0 Å². The van der Waals surface area contributed by atoms with Crippen LogP contribution in [0.5, 0.6) is 23.0 Å². The van der Waals surface area contributed by atoms with Gasteiger partial charge in [0.25, 0.3) is 5.69 Å². The number of rotatable bonds is 21. The molecule has 2 atom stereocenters. The van der Waals surface area contributed by atoms with Crippen molar-refractivity contribution in [2.24, 2.45) is 0 Å². The number of hydrogen-bond donors (Lipinski definition) is 3. The third kappa shape index (κ3) is 12.5. The summed E-state index contributed by atoms with van der Waals surface area (Å²) in [5, 5.41) is 28.3. The van der Waals surface area contributed by atoms with Crippen LogP contribution in [-0.2, 0) is 23.8 Å². The Morgan fingerprint density at radius 3 is 1.93 bits per heavy atom. The molecule has 3 aromatic rings. The molecule has 0 aliphatic carbocycles. The first-order valence-corrected chi connectivity index (χ1v) is 17.6. The Bertz CT molecular complexity index is 1820. The highest BCUT2D eigenvalue weighted by molar-refractivity contribution is 5.99. The molecule has 0 saturated heterocycles. The Hall–Kier alpha value is -5.64. The Labute approximate surface area is 320 Å². The predicted octanol–water partition coefficient (Wildman–Crippen LogP) is 4.84. The lowest BCUT2D eigenvalue weighted by atomic mass is 9.80. The van der Waals surface area contributed by atoms with Crippen LogP contribution in [0.4, 0.5) is 5.69 Å². The predicted molar refractivity (Wildman–Crippen MR) is 202 cm³/mol. The van der Waals surface area contributed by atoms with Gasteiger partial charge in [0.2, 0.25) is 0 Å². The van der Waals surface area contributed by atoms with Gasteiger partial charge in [0.05, 0.1) is 35.7 Å². The second kappa shape index (κ2) is 20.2. The second-order valence-corrected chi connectivity index (χ2v) is 13.3. The summed E-state index contributed by atoms with van der Waals surface area (Å²) in [7, 11) is 2.84. The Kier molecular flexibility index (Phi) is 15.4. The topological polar surface area (TPSA) is 186 Å².